The highest BCUT2D eigenvalue weighted by Gasteiger charge is 2.57. The summed E-state index contributed by atoms with van der Waals surface area (Å²) in [4.78, 5) is 17.1. The topological polar surface area (TPSA) is 97.5 Å². The Kier molecular flexibility index (Phi) is 10.5. The molecule has 1 heterocycles. The molecule has 0 radical (unpaired) electrons. The van der Waals surface area contributed by atoms with Gasteiger partial charge in [-0.05, 0) is 80.8 Å². The Labute approximate surface area is 252 Å². The van der Waals surface area contributed by atoms with Crippen LogP contribution in [0.3, 0.4) is 0 Å². The first-order chi connectivity index (χ1) is 19.6. The van der Waals surface area contributed by atoms with E-state index in [4.69, 9.17) is 33.7 Å². The van der Waals surface area contributed by atoms with Crippen LogP contribution in [0.5, 0.6) is 5.75 Å². The normalized spacial score (nSPS) is 14.9. The molecule has 4 rings (SSSR count). The molecule has 1 amide bonds. The summed E-state index contributed by atoms with van der Waals surface area (Å²) in [5.41, 5.74) is 2.05. The van der Waals surface area contributed by atoms with E-state index in [1.54, 1.807) is 13.8 Å². The molecule has 4 N–H and O–H groups in total. The molecule has 1 fully saturated rings. The van der Waals surface area contributed by atoms with E-state index in [2.05, 4.69) is 10.3 Å². The van der Waals surface area contributed by atoms with Crippen molar-refractivity contribution in [2.45, 2.75) is 63.8 Å². The van der Waals surface area contributed by atoms with Crippen molar-refractivity contribution < 1.29 is 32.2 Å². The zero-order chi connectivity index (χ0) is 31.5. The van der Waals surface area contributed by atoms with Gasteiger partial charge in [0.1, 0.15) is 17.0 Å². The van der Waals surface area contributed by atoms with Gasteiger partial charge in [-0.25, -0.2) is 4.39 Å². The fourth-order valence-electron chi connectivity index (χ4n) is 3.95. The second kappa shape index (κ2) is 13.2. The van der Waals surface area contributed by atoms with Crippen molar-refractivity contribution in [3.63, 3.8) is 0 Å². The quantitative estimate of drug-likeness (QED) is 0.218. The summed E-state index contributed by atoms with van der Waals surface area (Å²) >= 11 is 12.1. The van der Waals surface area contributed by atoms with Crippen LogP contribution in [0.4, 0.5) is 17.6 Å². The highest BCUT2D eigenvalue weighted by Crippen LogP contribution is 2.42. The Hall–Kier alpha value is -2.92. The van der Waals surface area contributed by atoms with Crippen LogP contribution in [-0.4, -0.2) is 41.4 Å². The van der Waals surface area contributed by atoms with Gasteiger partial charge in [-0.3, -0.25) is 9.78 Å². The minimum atomic E-state index is -5.06. The van der Waals surface area contributed by atoms with E-state index in [9.17, 15) is 27.5 Å². The number of carbonyl (C=O) groups is 1. The molecular weight excluding hydrogens is 597 g/mol. The number of pyridine rings is 1. The van der Waals surface area contributed by atoms with E-state index in [1.807, 2.05) is 13.8 Å². The third-order valence-electron chi connectivity index (χ3n) is 6.65. The van der Waals surface area contributed by atoms with Crippen LogP contribution in [0.25, 0.3) is 11.3 Å². The van der Waals surface area contributed by atoms with E-state index in [1.165, 1.54) is 36.4 Å². The fourth-order valence-corrected chi connectivity index (χ4v) is 4.36. The summed E-state index contributed by atoms with van der Waals surface area (Å²) in [6.07, 6.45) is -3.21. The molecule has 1 aliphatic carbocycles. The Morgan fingerprint density at radius 3 is 2.26 bits per heavy atom. The van der Waals surface area contributed by atoms with Crippen molar-refractivity contribution >= 4 is 29.1 Å². The average molecular weight is 631 g/mol. The molecular formula is C30H33Cl2F4N3O3. The van der Waals surface area contributed by atoms with Gasteiger partial charge in [0.25, 0.3) is 5.91 Å². The number of hydrogen-bond acceptors (Lipinski definition) is 5. The first kappa shape index (κ1) is 33.6. The molecule has 3 aromatic rings. The van der Waals surface area contributed by atoms with Gasteiger partial charge in [0.15, 0.2) is 0 Å². The number of nitrogens with zero attached hydrogens (tertiary/aromatic N) is 1. The number of nitrogens with two attached hydrogens (primary N) is 1. The first-order valence-electron chi connectivity index (χ1n) is 13.3. The average Bonchev–Trinajstić information content (AvgIpc) is 3.75. The molecule has 1 unspecified atom stereocenters. The smallest absolute Gasteiger partial charge is 0.403 e. The predicted octanol–water partition coefficient (Wildman–Crippen LogP) is 7.18. The number of benzene rings is 2. The second-order valence-corrected chi connectivity index (χ2v) is 11.2. The summed E-state index contributed by atoms with van der Waals surface area (Å²) < 4.78 is 63.6. The number of ether oxygens (including phenoxy) is 1. The lowest BCUT2D eigenvalue weighted by Gasteiger charge is -2.35. The van der Waals surface area contributed by atoms with Crippen molar-refractivity contribution in [3.05, 3.63) is 81.2 Å². The van der Waals surface area contributed by atoms with Gasteiger partial charge in [0, 0.05) is 23.2 Å². The Bertz CT molecular complexity index is 1430. The maximum absolute atomic E-state index is 14.7. The van der Waals surface area contributed by atoms with Crippen molar-refractivity contribution in [2.75, 3.05) is 13.2 Å². The molecule has 0 aliphatic heterocycles. The van der Waals surface area contributed by atoms with Crippen molar-refractivity contribution in [2.24, 2.45) is 5.73 Å². The summed E-state index contributed by atoms with van der Waals surface area (Å²) in [5.74, 6) is -1.18. The number of amides is 1. The highest BCUT2D eigenvalue weighted by molar-refractivity contribution is 6.32. The van der Waals surface area contributed by atoms with Crippen LogP contribution in [0.2, 0.25) is 10.0 Å². The van der Waals surface area contributed by atoms with Gasteiger partial charge >= 0.3 is 6.18 Å². The van der Waals surface area contributed by atoms with Crippen molar-refractivity contribution in [3.8, 4) is 17.0 Å². The van der Waals surface area contributed by atoms with E-state index in [0.29, 0.717) is 5.75 Å². The summed E-state index contributed by atoms with van der Waals surface area (Å²) in [6, 6.07) is 10.4. The molecule has 1 atom stereocenters. The SMILES string of the molecule is CC.CC(C)(N)c1cc(-c2ccc(F)c(Cl)c2)nc(C(CO)(CNC(=O)c2ccc(OC3CC3)c(Cl)c2)C(F)(F)F)c1. The molecule has 6 nitrogen and oxygen atoms in total. The number of hydrogen-bond donors (Lipinski definition) is 3. The Morgan fingerprint density at radius 1 is 1.07 bits per heavy atom. The minimum absolute atomic E-state index is 0.00797. The summed E-state index contributed by atoms with van der Waals surface area (Å²) in [6.45, 7) is 4.69. The largest absolute Gasteiger partial charge is 0.489 e. The maximum atomic E-state index is 14.7. The zero-order valence-electron chi connectivity index (χ0n) is 23.6. The molecule has 1 saturated carbocycles. The van der Waals surface area contributed by atoms with Crippen molar-refractivity contribution in [1.82, 2.24) is 10.3 Å². The lowest BCUT2D eigenvalue weighted by atomic mass is 9.81. The number of nitrogens with one attached hydrogen (secondary N) is 1. The van der Waals surface area contributed by atoms with Crippen LogP contribution in [0.15, 0.2) is 48.5 Å². The third kappa shape index (κ3) is 7.53. The van der Waals surface area contributed by atoms with E-state index >= 15 is 0 Å². The van der Waals surface area contributed by atoms with Crippen LogP contribution >= 0.6 is 23.2 Å². The first-order valence-corrected chi connectivity index (χ1v) is 14.1. The number of rotatable bonds is 9. The second-order valence-electron chi connectivity index (χ2n) is 10.4. The van der Waals surface area contributed by atoms with Crippen molar-refractivity contribution in [1.29, 1.82) is 0 Å². The van der Waals surface area contributed by atoms with Crippen LogP contribution in [-0.2, 0) is 11.0 Å². The Balaban J connectivity index is 0.00000237. The lowest BCUT2D eigenvalue weighted by molar-refractivity contribution is -0.200. The number of aromatic nitrogens is 1. The minimum Gasteiger partial charge on any atom is -0.489 e. The van der Waals surface area contributed by atoms with E-state index < -0.39 is 47.7 Å². The van der Waals surface area contributed by atoms with Crippen LogP contribution in [0.1, 0.15) is 62.2 Å². The molecule has 1 aliphatic rings. The molecule has 228 valence electrons. The Morgan fingerprint density at radius 2 is 1.74 bits per heavy atom. The predicted molar refractivity (Wildman–Crippen MR) is 155 cm³/mol. The van der Waals surface area contributed by atoms with Crippen LogP contribution < -0.4 is 15.8 Å². The molecule has 0 spiro atoms. The highest BCUT2D eigenvalue weighted by atomic mass is 35.5. The van der Waals surface area contributed by atoms with E-state index in [0.717, 1.165) is 25.0 Å². The van der Waals surface area contributed by atoms with Gasteiger partial charge in [-0.2, -0.15) is 13.2 Å². The molecule has 0 saturated heterocycles. The monoisotopic (exact) mass is 629 g/mol. The maximum Gasteiger partial charge on any atom is 0.403 e. The lowest BCUT2D eigenvalue weighted by Crippen LogP contribution is -2.54. The summed E-state index contributed by atoms with van der Waals surface area (Å²) in [5, 5.41) is 12.4. The van der Waals surface area contributed by atoms with Gasteiger partial charge in [0.05, 0.1) is 34.1 Å². The number of halogens is 6. The molecule has 1 aromatic heterocycles. The van der Waals surface area contributed by atoms with Crippen LogP contribution in [0, 0.1) is 5.82 Å². The molecule has 42 heavy (non-hydrogen) atoms. The summed E-state index contributed by atoms with van der Waals surface area (Å²) in [7, 11) is 0. The fraction of sp³-hybridized carbons (Fsp3) is 0.400. The van der Waals surface area contributed by atoms with Gasteiger partial charge in [0.2, 0.25) is 0 Å². The number of alkyl halides is 3. The van der Waals surface area contributed by atoms with Gasteiger partial charge in [-0.1, -0.05) is 37.0 Å². The molecule has 0 bridgehead atoms. The van der Waals surface area contributed by atoms with Gasteiger partial charge < -0.3 is 20.9 Å². The zero-order valence-corrected chi connectivity index (χ0v) is 25.1. The molecule has 2 aromatic carbocycles. The number of aliphatic hydroxyl groups excluding tert-OH is 1. The standard InChI is InChI=1S/C28H27Cl2F4N3O3.C2H6/c1-26(2,35)17-11-22(15-3-7-21(31)19(29)9-15)37-24(12-17)27(14-38,28(32,33)34)13-36-25(39)16-4-8-23(20(30)10-16)40-18-5-6-18;1-2/h3-4,7-12,18,38H,5-6,13-14,35H2,1-2H3,(H,36,39);1-2H3. The van der Waals surface area contributed by atoms with Gasteiger partial charge in [-0.15, -0.1) is 0 Å². The number of carbonyl (C=O) groups excluding carboxylic acids is 1. The third-order valence-corrected chi connectivity index (χ3v) is 7.24. The molecule has 12 heteroatoms. The number of aliphatic hydroxyl groups is 1. The van der Waals surface area contributed by atoms with E-state index in [-0.39, 0.29) is 38.5 Å².